The molecule has 1 saturated heterocycles. The van der Waals surface area contributed by atoms with Gasteiger partial charge >= 0.3 is 0 Å². The predicted molar refractivity (Wildman–Crippen MR) is 92.8 cm³/mol. The van der Waals surface area contributed by atoms with E-state index in [1.807, 2.05) is 12.1 Å². The summed E-state index contributed by atoms with van der Waals surface area (Å²) in [6.07, 6.45) is 6.90. The lowest BCUT2D eigenvalue weighted by atomic mass is 10.0. The SMILES string of the molecule is N#CCC(=O)NC1CCN(c2[nH]ncc3cnc4nccc4c23)CC1. The Balaban J connectivity index is 1.58. The van der Waals surface area contributed by atoms with Gasteiger partial charge in [0.15, 0.2) is 5.65 Å². The van der Waals surface area contributed by atoms with Gasteiger partial charge in [-0.25, -0.2) is 9.97 Å². The number of hydrogen-bond donors (Lipinski definition) is 2. The number of aromatic nitrogens is 4. The molecule has 0 aliphatic carbocycles. The average Bonchev–Trinajstić information content (AvgIpc) is 3.11. The van der Waals surface area contributed by atoms with Crippen LogP contribution < -0.4 is 10.2 Å². The van der Waals surface area contributed by atoms with Crippen LogP contribution in [0.3, 0.4) is 0 Å². The van der Waals surface area contributed by atoms with E-state index in [0.717, 1.165) is 53.6 Å². The predicted octanol–water partition coefficient (Wildman–Crippen LogP) is 1.50. The monoisotopic (exact) mass is 335 g/mol. The summed E-state index contributed by atoms with van der Waals surface area (Å²) < 4.78 is 0. The maximum Gasteiger partial charge on any atom is 0.234 e. The Morgan fingerprint density at radius 1 is 1.36 bits per heavy atom. The minimum atomic E-state index is -0.199. The largest absolute Gasteiger partial charge is 0.356 e. The average molecular weight is 335 g/mol. The summed E-state index contributed by atoms with van der Waals surface area (Å²) in [6, 6.07) is 3.96. The molecule has 4 heterocycles. The van der Waals surface area contributed by atoms with Crippen LogP contribution in [0.25, 0.3) is 21.8 Å². The Hall–Kier alpha value is -3.21. The van der Waals surface area contributed by atoms with Crippen LogP contribution in [0.1, 0.15) is 19.3 Å². The number of hydrogen-bond acceptors (Lipinski definition) is 6. The van der Waals surface area contributed by atoms with Gasteiger partial charge in [0.2, 0.25) is 5.91 Å². The number of amides is 1. The van der Waals surface area contributed by atoms with Crippen LogP contribution in [-0.4, -0.2) is 45.2 Å². The minimum absolute atomic E-state index is 0.0871. The molecule has 0 atom stereocenters. The topological polar surface area (TPSA) is 111 Å². The molecule has 0 aromatic carbocycles. The van der Waals surface area contributed by atoms with Crippen LogP contribution in [0.15, 0.2) is 24.7 Å². The Morgan fingerprint density at radius 3 is 3.00 bits per heavy atom. The lowest BCUT2D eigenvalue weighted by molar-refractivity contribution is -0.120. The molecule has 25 heavy (non-hydrogen) atoms. The standard InChI is InChI=1S/C17H17N7O/c18-5-1-14(25)22-12-3-7-24(8-4-12)17-15-11(10-21-23-17)9-20-16-13(15)2-6-19-16/h2,6,9-10,12,23H,1,3-4,7-8H2,(H,22,25). The Bertz CT molecular complexity index is 966. The number of H-pyrrole nitrogens is 1. The molecule has 3 aromatic heterocycles. The van der Waals surface area contributed by atoms with Crippen LogP contribution in [0, 0.1) is 11.3 Å². The number of piperidine rings is 1. The van der Waals surface area contributed by atoms with Crippen LogP contribution in [0.5, 0.6) is 0 Å². The molecule has 1 aliphatic heterocycles. The third kappa shape index (κ3) is 2.85. The molecule has 4 rings (SSSR count). The van der Waals surface area contributed by atoms with Crippen LogP contribution in [0.2, 0.25) is 0 Å². The first-order chi connectivity index (χ1) is 12.3. The summed E-state index contributed by atoms with van der Waals surface area (Å²) in [5, 5.41) is 21.9. The highest BCUT2D eigenvalue weighted by molar-refractivity contribution is 6.09. The maximum atomic E-state index is 11.6. The zero-order valence-electron chi connectivity index (χ0n) is 13.6. The molecule has 0 saturated carbocycles. The smallest absolute Gasteiger partial charge is 0.234 e. The van der Waals surface area contributed by atoms with Gasteiger partial charge in [0.1, 0.15) is 12.2 Å². The molecule has 0 spiro atoms. The van der Waals surface area contributed by atoms with E-state index >= 15 is 0 Å². The van der Waals surface area contributed by atoms with Gasteiger partial charge in [0, 0.05) is 47.7 Å². The first-order valence-electron chi connectivity index (χ1n) is 8.24. The molecule has 0 radical (unpaired) electrons. The lowest BCUT2D eigenvalue weighted by Crippen LogP contribution is -2.45. The molecular formula is C17H17N7O. The van der Waals surface area contributed by atoms with Crippen molar-refractivity contribution < 1.29 is 4.79 Å². The number of pyridine rings is 1. The van der Waals surface area contributed by atoms with Gasteiger partial charge < -0.3 is 10.2 Å². The van der Waals surface area contributed by atoms with E-state index in [2.05, 4.69) is 30.4 Å². The van der Waals surface area contributed by atoms with Gasteiger partial charge in [-0.1, -0.05) is 0 Å². The summed E-state index contributed by atoms with van der Waals surface area (Å²) in [5.41, 5.74) is 0.729. The first-order valence-corrected chi connectivity index (χ1v) is 8.24. The molecule has 2 N–H and O–H groups in total. The van der Waals surface area contributed by atoms with Gasteiger partial charge in [0.05, 0.1) is 12.3 Å². The summed E-state index contributed by atoms with van der Waals surface area (Å²) in [5.74, 6) is 0.759. The van der Waals surface area contributed by atoms with E-state index in [0.29, 0.717) is 0 Å². The molecule has 1 amide bonds. The number of aromatic amines is 1. The number of rotatable bonds is 3. The summed E-state index contributed by atoms with van der Waals surface area (Å²) >= 11 is 0. The van der Waals surface area contributed by atoms with Gasteiger partial charge in [-0.3, -0.25) is 9.89 Å². The van der Waals surface area contributed by atoms with Crippen molar-refractivity contribution in [3.63, 3.8) is 0 Å². The van der Waals surface area contributed by atoms with E-state index in [-0.39, 0.29) is 18.4 Å². The number of nitrogens with zero attached hydrogens (tertiary/aromatic N) is 5. The minimum Gasteiger partial charge on any atom is -0.356 e. The highest BCUT2D eigenvalue weighted by Crippen LogP contribution is 2.31. The van der Waals surface area contributed by atoms with Crippen LogP contribution >= 0.6 is 0 Å². The second kappa shape index (κ2) is 6.36. The molecule has 126 valence electrons. The highest BCUT2D eigenvalue weighted by Gasteiger charge is 2.23. The first kappa shape index (κ1) is 15.3. The molecule has 1 fully saturated rings. The molecule has 0 bridgehead atoms. The number of fused-ring (bicyclic) bond motifs is 3. The number of carbonyl (C=O) groups excluding carboxylic acids is 1. The number of anilines is 1. The Morgan fingerprint density at radius 2 is 2.20 bits per heavy atom. The third-order valence-corrected chi connectivity index (χ3v) is 4.59. The van der Waals surface area contributed by atoms with E-state index in [9.17, 15) is 4.79 Å². The van der Waals surface area contributed by atoms with E-state index in [1.54, 1.807) is 18.6 Å². The number of nitriles is 1. The van der Waals surface area contributed by atoms with Crippen LogP contribution in [0.4, 0.5) is 5.82 Å². The fraction of sp³-hybridized carbons (Fsp3) is 0.353. The summed E-state index contributed by atoms with van der Waals surface area (Å²) in [7, 11) is 0. The summed E-state index contributed by atoms with van der Waals surface area (Å²) in [6.45, 7) is 1.60. The van der Waals surface area contributed by atoms with Gasteiger partial charge in [-0.15, -0.1) is 0 Å². The second-order valence-electron chi connectivity index (χ2n) is 6.15. The van der Waals surface area contributed by atoms with Gasteiger partial charge in [-0.2, -0.15) is 10.4 Å². The van der Waals surface area contributed by atoms with Crippen molar-refractivity contribution in [2.75, 3.05) is 18.0 Å². The third-order valence-electron chi connectivity index (χ3n) is 4.59. The van der Waals surface area contributed by atoms with Crippen molar-refractivity contribution in [2.45, 2.75) is 25.3 Å². The fourth-order valence-electron chi connectivity index (χ4n) is 3.38. The van der Waals surface area contributed by atoms with Crippen molar-refractivity contribution in [3.05, 3.63) is 24.7 Å². The zero-order valence-corrected chi connectivity index (χ0v) is 13.6. The van der Waals surface area contributed by atoms with Crippen LogP contribution in [-0.2, 0) is 4.79 Å². The summed E-state index contributed by atoms with van der Waals surface area (Å²) in [4.78, 5) is 22.5. The van der Waals surface area contributed by atoms with Gasteiger partial charge in [-0.05, 0) is 18.9 Å². The fourth-order valence-corrected chi connectivity index (χ4v) is 3.38. The number of nitrogens with one attached hydrogen (secondary N) is 2. The van der Waals surface area contributed by atoms with E-state index in [4.69, 9.17) is 5.26 Å². The zero-order chi connectivity index (χ0) is 17.2. The molecule has 1 aliphatic rings. The quantitative estimate of drug-likeness (QED) is 0.750. The van der Waals surface area contributed by atoms with Crippen molar-refractivity contribution in [3.8, 4) is 6.07 Å². The van der Waals surface area contributed by atoms with Crippen molar-refractivity contribution in [1.82, 2.24) is 25.5 Å². The van der Waals surface area contributed by atoms with Gasteiger partial charge in [0.25, 0.3) is 0 Å². The maximum absolute atomic E-state index is 11.6. The highest BCUT2D eigenvalue weighted by atomic mass is 16.1. The molecular weight excluding hydrogens is 318 g/mol. The molecule has 0 unspecified atom stereocenters. The van der Waals surface area contributed by atoms with Crippen molar-refractivity contribution >= 4 is 33.5 Å². The van der Waals surface area contributed by atoms with Crippen molar-refractivity contribution in [2.24, 2.45) is 0 Å². The number of carbonyl (C=O) groups is 1. The Kier molecular flexibility index (Phi) is 3.90. The van der Waals surface area contributed by atoms with Crippen molar-refractivity contribution in [1.29, 1.82) is 5.26 Å². The normalized spacial score (nSPS) is 15.4. The lowest BCUT2D eigenvalue weighted by Gasteiger charge is -2.33. The van der Waals surface area contributed by atoms with E-state index < -0.39 is 0 Å². The Labute approximate surface area is 143 Å². The second-order valence-corrected chi connectivity index (χ2v) is 6.15. The molecule has 3 aromatic rings. The van der Waals surface area contributed by atoms with E-state index in [1.165, 1.54) is 0 Å². The molecule has 8 heteroatoms. The molecule has 8 nitrogen and oxygen atoms in total.